The largest absolute Gasteiger partial charge is 0.392 e. The first kappa shape index (κ1) is 36.5. The van der Waals surface area contributed by atoms with Crippen LogP contribution in [0.15, 0.2) is 60.7 Å². The lowest BCUT2D eigenvalue weighted by atomic mass is 9.74. The highest BCUT2D eigenvalue weighted by Gasteiger charge is 2.52. The Bertz CT molecular complexity index is 1240. The van der Waals surface area contributed by atoms with Gasteiger partial charge in [0, 0.05) is 46.7 Å². The van der Waals surface area contributed by atoms with Crippen LogP contribution in [-0.2, 0) is 39.8 Å². The number of aliphatic hydroxyl groups excluding tert-OH is 1. The van der Waals surface area contributed by atoms with Crippen molar-refractivity contribution in [3.8, 4) is 0 Å². The minimum absolute atomic E-state index is 0.0162. The Morgan fingerprint density at radius 2 is 1.60 bits per heavy atom. The van der Waals surface area contributed by atoms with Crippen LogP contribution in [0.1, 0.15) is 65.4 Å². The number of ether oxygens (including phenoxy) is 6. The molecule has 0 bridgehead atoms. The van der Waals surface area contributed by atoms with E-state index in [0.29, 0.717) is 32.0 Å². The molecule has 3 heterocycles. The average molecular weight is 671 g/mol. The second kappa shape index (κ2) is 16.7. The zero-order chi connectivity index (χ0) is 33.6. The summed E-state index contributed by atoms with van der Waals surface area (Å²) in [5, 5.41) is 12.0. The van der Waals surface area contributed by atoms with E-state index in [1.165, 1.54) is 0 Å². The Balaban J connectivity index is 1.31. The van der Waals surface area contributed by atoms with Crippen molar-refractivity contribution in [2.24, 2.45) is 35.5 Å². The van der Waals surface area contributed by atoms with Crippen molar-refractivity contribution < 1.29 is 38.3 Å². The van der Waals surface area contributed by atoms with E-state index in [0.717, 1.165) is 16.9 Å². The molecule has 2 aromatic carbocycles. The highest BCUT2D eigenvalue weighted by Crippen LogP contribution is 2.46. The standard InChI is InChI=1S/C38H54O8S/c1-7-38(43-18-19-44-38)27(6)35(42-23-41-20-28-14-10-8-11-15-28)26(5)32(39)25(4)33(40)30-21-47-22-31-34(24(2)3)45-37(46-36(30)31)29-16-12-9-13-17-29/h8-17,24-27,30-31,33-37,40H,7,18-23H2,1-6H3/t25-,26+,27+,30-,31+,33+,34+,35+,36-,37+/m1/s1. The number of ketones is 1. The number of hydrogen-bond donors (Lipinski definition) is 1. The highest BCUT2D eigenvalue weighted by atomic mass is 32.2. The maximum atomic E-state index is 14.3. The van der Waals surface area contributed by atoms with Crippen LogP contribution in [0.25, 0.3) is 0 Å². The minimum atomic E-state index is -0.892. The molecular formula is C38H54O8S. The predicted molar refractivity (Wildman–Crippen MR) is 182 cm³/mol. The third-order valence-corrected chi connectivity index (χ3v) is 11.7. The smallest absolute Gasteiger partial charge is 0.184 e. The van der Waals surface area contributed by atoms with Crippen molar-refractivity contribution in [1.29, 1.82) is 0 Å². The maximum Gasteiger partial charge on any atom is 0.184 e. The number of fused-ring (bicyclic) bond motifs is 1. The summed E-state index contributed by atoms with van der Waals surface area (Å²) in [5.74, 6) is -0.564. The van der Waals surface area contributed by atoms with E-state index in [4.69, 9.17) is 28.4 Å². The fraction of sp³-hybridized carbons (Fsp3) is 0.658. The first-order valence-electron chi connectivity index (χ1n) is 17.3. The van der Waals surface area contributed by atoms with Gasteiger partial charge in [0.1, 0.15) is 12.6 Å². The zero-order valence-corrected chi connectivity index (χ0v) is 29.6. The van der Waals surface area contributed by atoms with E-state index in [9.17, 15) is 9.90 Å². The molecule has 3 fully saturated rings. The average Bonchev–Trinajstić information content (AvgIpc) is 3.61. The van der Waals surface area contributed by atoms with Gasteiger partial charge in [-0.2, -0.15) is 11.8 Å². The second-order valence-corrected chi connectivity index (χ2v) is 14.8. The van der Waals surface area contributed by atoms with E-state index in [-0.39, 0.29) is 48.5 Å². The summed E-state index contributed by atoms with van der Waals surface area (Å²) in [6.45, 7) is 13.6. The van der Waals surface area contributed by atoms with Gasteiger partial charge in [0.25, 0.3) is 0 Å². The number of aliphatic hydroxyl groups is 1. The van der Waals surface area contributed by atoms with Gasteiger partial charge in [-0.3, -0.25) is 4.79 Å². The molecule has 47 heavy (non-hydrogen) atoms. The summed E-state index contributed by atoms with van der Waals surface area (Å²) < 4.78 is 37.8. The van der Waals surface area contributed by atoms with Crippen molar-refractivity contribution in [1.82, 2.24) is 0 Å². The molecule has 0 aromatic heterocycles. The SMILES string of the molecule is CCC1([C@@H](C)[C@@H](OCOCc2ccccc2)[C@@H](C)C(=O)[C@@H](C)[C@H](O)[C@H]2CSC[C@@H]3[C@@H]2O[C@@H](c2ccccc2)O[C@H]3C(C)C)OCCO1. The fourth-order valence-corrected chi connectivity index (χ4v) is 9.12. The molecule has 3 saturated heterocycles. The van der Waals surface area contributed by atoms with E-state index < -0.39 is 36.1 Å². The fourth-order valence-electron chi connectivity index (χ4n) is 7.67. The minimum Gasteiger partial charge on any atom is -0.392 e. The molecule has 10 atom stereocenters. The van der Waals surface area contributed by atoms with E-state index in [1.54, 1.807) is 0 Å². The molecule has 0 radical (unpaired) electrons. The summed E-state index contributed by atoms with van der Waals surface area (Å²) in [4.78, 5) is 14.3. The van der Waals surface area contributed by atoms with Crippen molar-refractivity contribution in [2.75, 3.05) is 31.5 Å². The van der Waals surface area contributed by atoms with E-state index >= 15 is 0 Å². The molecule has 8 nitrogen and oxygen atoms in total. The van der Waals surface area contributed by atoms with Crippen LogP contribution in [0, 0.1) is 35.5 Å². The first-order chi connectivity index (χ1) is 22.7. The highest BCUT2D eigenvalue weighted by molar-refractivity contribution is 7.99. The van der Waals surface area contributed by atoms with Crippen LogP contribution < -0.4 is 0 Å². The normalized spacial score (nSPS) is 29.1. The summed E-state index contributed by atoms with van der Waals surface area (Å²) in [6, 6.07) is 19.9. The van der Waals surface area contributed by atoms with Gasteiger partial charge in [-0.05, 0) is 17.9 Å². The van der Waals surface area contributed by atoms with Gasteiger partial charge in [-0.1, -0.05) is 102 Å². The van der Waals surface area contributed by atoms with E-state index in [1.807, 2.05) is 100 Å². The van der Waals surface area contributed by atoms with Crippen molar-refractivity contribution >= 4 is 17.5 Å². The van der Waals surface area contributed by atoms with Crippen LogP contribution in [0.5, 0.6) is 0 Å². The van der Waals surface area contributed by atoms with Gasteiger partial charge in [-0.25, -0.2) is 0 Å². The molecule has 2 aromatic rings. The van der Waals surface area contributed by atoms with Crippen LogP contribution in [0.4, 0.5) is 0 Å². The summed E-state index contributed by atoms with van der Waals surface area (Å²) in [7, 11) is 0. The molecule has 260 valence electrons. The van der Waals surface area contributed by atoms with Gasteiger partial charge in [0.05, 0.1) is 44.2 Å². The summed E-state index contributed by atoms with van der Waals surface area (Å²) in [5.41, 5.74) is 2.01. The number of benzene rings is 2. The second-order valence-electron chi connectivity index (χ2n) is 13.8. The number of thioether (sulfide) groups is 1. The van der Waals surface area contributed by atoms with Crippen LogP contribution in [0.2, 0.25) is 0 Å². The zero-order valence-electron chi connectivity index (χ0n) is 28.8. The van der Waals surface area contributed by atoms with E-state index in [2.05, 4.69) is 13.8 Å². The number of rotatable bonds is 15. The van der Waals surface area contributed by atoms with Crippen LogP contribution in [0.3, 0.4) is 0 Å². The van der Waals surface area contributed by atoms with Gasteiger partial charge in [0.15, 0.2) is 12.1 Å². The molecular weight excluding hydrogens is 616 g/mol. The molecule has 9 heteroatoms. The maximum absolute atomic E-state index is 14.3. The predicted octanol–water partition coefficient (Wildman–Crippen LogP) is 6.66. The van der Waals surface area contributed by atoms with Crippen molar-refractivity contribution in [3.63, 3.8) is 0 Å². The molecule has 0 spiro atoms. The van der Waals surface area contributed by atoms with Crippen molar-refractivity contribution in [3.05, 3.63) is 71.8 Å². The molecule has 0 unspecified atom stereocenters. The molecule has 0 amide bonds. The quantitative estimate of drug-likeness (QED) is 0.165. The Hall–Kier alpha value is -1.82. The van der Waals surface area contributed by atoms with Gasteiger partial charge < -0.3 is 33.5 Å². The molecule has 3 aliphatic rings. The molecule has 0 aliphatic carbocycles. The topological polar surface area (TPSA) is 92.7 Å². The Morgan fingerprint density at radius 1 is 0.936 bits per heavy atom. The third-order valence-electron chi connectivity index (χ3n) is 10.4. The number of carbonyl (C=O) groups excluding carboxylic acids is 1. The number of carbonyl (C=O) groups is 1. The van der Waals surface area contributed by atoms with Crippen LogP contribution in [-0.4, -0.2) is 72.6 Å². The molecule has 0 saturated carbocycles. The molecule has 5 rings (SSSR count). The third kappa shape index (κ3) is 8.32. The summed E-state index contributed by atoms with van der Waals surface area (Å²) in [6.07, 6.45) is -1.58. The van der Waals surface area contributed by atoms with Gasteiger partial charge in [0.2, 0.25) is 0 Å². The van der Waals surface area contributed by atoms with Gasteiger partial charge in [-0.15, -0.1) is 0 Å². The Kier molecular flexibility index (Phi) is 13.0. The molecule has 1 N–H and O–H groups in total. The van der Waals surface area contributed by atoms with Crippen LogP contribution >= 0.6 is 11.8 Å². The van der Waals surface area contributed by atoms with Crippen molar-refractivity contribution in [2.45, 2.75) is 91.1 Å². The monoisotopic (exact) mass is 670 g/mol. The van der Waals surface area contributed by atoms with Gasteiger partial charge >= 0.3 is 0 Å². The number of hydrogen-bond acceptors (Lipinski definition) is 9. The molecule has 3 aliphatic heterocycles. The number of Topliss-reactive ketones (excluding diaryl/α,β-unsaturated/α-hetero) is 1. The lowest BCUT2D eigenvalue weighted by molar-refractivity contribution is -0.294. The lowest BCUT2D eigenvalue weighted by Crippen LogP contribution is -2.56. The summed E-state index contributed by atoms with van der Waals surface area (Å²) >= 11 is 1.81. The first-order valence-corrected chi connectivity index (χ1v) is 18.5. The Labute approximate surface area is 285 Å². The lowest BCUT2D eigenvalue weighted by Gasteiger charge is -2.50. The Morgan fingerprint density at radius 3 is 2.23 bits per heavy atom.